The van der Waals surface area contributed by atoms with Crippen molar-refractivity contribution in [1.29, 1.82) is 0 Å². The Kier molecular flexibility index (Phi) is 6.73. The van der Waals surface area contributed by atoms with Gasteiger partial charge in [0.15, 0.2) is 0 Å². The average Bonchev–Trinajstić information content (AvgIpc) is 3.21. The van der Waals surface area contributed by atoms with Gasteiger partial charge in [-0.2, -0.15) is 13.2 Å². The summed E-state index contributed by atoms with van der Waals surface area (Å²) >= 11 is 5.65. The van der Waals surface area contributed by atoms with Crippen molar-refractivity contribution in [2.45, 2.75) is 47.4 Å². The fourth-order valence-electron chi connectivity index (χ4n) is 4.39. The molecule has 0 bridgehead atoms. The highest BCUT2D eigenvalue weighted by Gasteiger charge is 2.39. The summed E-state index contributed by atoms with van der Waals surface area (Å²) < 4.78 is 65.8. The molecule has 178 valence electrons. The van der Waals surface area contributed by atoms with Crippen molar-refractivity contribution < 1.29 is 26.4 Å². The second-order valence-electron chi connectivity index (χ2n) is 8.32. The molecule has 2 fully saturated rings. The van der Waals surface area contributed by atoms with Crippen molar-refractivity contribution in [3.05, 3.63) is 58.6 Å². The first-order chi connectivity index (χ1) is 15.6. The van der Waals surface area contributed by atoms with Gasteiger partial charge in [0.05, 0.1) is 21.4 Å². The van der Waals surface area contributed by atoms with Crippen LogP contribution in [0.3, 0.4) is 0 Å². The molecule has 2 heterocycles. The third-order valence-corrected chi connectivity index (χ3v) is 8.18. The molecule has 0 spiro atoms. The summed E-state index contributed by atoms with van der Waals surface area (Å²) in [7, 11) is -4.42. The van der Waals surface area contributed by atoms with Crippen LogP contribution in [0.15, 0.2) is 52.3 Å². The molecule has 0 aliphatic carbocycles. The van der Waals surface area contributed by atoms with E-state index in [1.165, 1.54) is 24.3 Å². The molecule has 4 rings (SSSR count). The lowest BCUT2D eigenvalue weighted by atomic mass is 9.94. The summed E-state index contributed by atoms with van der Waals surface area (Å²) in [5.41, 5.74) is -0.683. The van der Waals surface area contributed by atoms with Gasteiger partial charge in [0.2, 0.25) is 15.7 Å². The van der Waals surface area contributed by atoms with Gasteiger partial charge in [0.1, 0.15) is 0 Å². The smallest absolute Gasteiger partial charge is 0.351 e. The first kappa shape index (κ1) is 24.0. The molecular weight excluding hydrogens is 479 g/mol. The number of carbonyl (C=O) groups is 1. The zero-order valence-electron chi connectivity index (χ0n) is 17.5. The molecule has 6 nitrogen and oxygen atoms in total. The Labute approximate surface area is 194 Å². The lowest BCUT2D eigenvalue weighted by Crippen LogP contribution is -2.45. The van der Waals surface area contributed by atoms with Crippen LogP contribution in [-0.4, -0.2) is 39.5 Å². The predicted molar refractivity (Wildman–Crippen MR) is 116 cm³/mol. The Morgan fingerprint density at radius 1 is 1.15 bits per heavy atom. The molecule has 3 unspecified atom stereocenters. The average molecular weight is 502 g/mol. The topological polar surface area (TPSA) is 87.3 Å². The Morgan fingerprint density at radius 2 is 1.88 bits per heavy atom. The van der Waals surface area contributed by atoms with Gasteiger partial charge in [0.25, 0.3) is 0 Å². The van der Waals surface area contributed by atoms with Crippen molar-refractivity contribution in [2.75, 3.05) is 13.1 Å². The fourth-order valence-corrected chi connectivity index (χ4v) is 6.02. The number of hydrogen-bond donors (Lipinski definition) is 3. The Bertz CT molecular complexity index is 1130. The summed E-state index contributed by atoms with van der Waals surface area (Å²) in [6, 6.07) is 8.05. The molecule has 2 aliphatic rings. The summed E-state index contributed by atoms with van der Waals surface area (Å²) in [5, 5.41) is 9.32. The quantitative estimate of drug-likeness (QED) is 0.586. The van der Waals surface area contributed by atoms with Gasteiger partial charge in [-0.15, -0.1) is 0 Å². The highest BCUT2D eigenvalue weighted by molar-refractivity contribution is 7.91. The van der Waals surface area contributed by atoms with E-state index in [-0.39, 0.29) is 28.4 Å². The number of nitrogens with one attached hydrogen (secondary N) is 3. The number of piperidine rings is 1. The van der Waals surface area contributed by atoms with Gasteiger partial charge in [-0.3, -0.25) is 4.79 Å². The van der Waals surface area contributed by atoms with Crippen LogP contribution in [0.2, 0.25) is 5.02 Å². The molecule has 1 amide bonds. The number of fused-ring (bicyclic) bond motifs is 1. The van der Waals surface area contributed by atoms with Crippen LogP contribution in [0.1, 0.15) is 24.0 Å². The SMILES string of the molecule is O=C(NCc1ccc(S(=O)(=O)c2ccc(Cl)cc2C(F)(F)F)cc1)C1CC2CNCCC2N1. The largest absolute Gasteiger partial charge is 0.417 e. The molecule has 2 aromatic rings. The molecule has 0 saturated carbocycles. The number of alkyl halides is 3. The number of sulfone groups is 1. The number of amides is 1. The zero-order valence-corrected chi connectivity index (χ0v) is 19.0. The van der Waals surface area contributed by atoms with E-state index in [2.05, 4.69) is 16.0 Å². The molecule has 2 saturated heterocycles. The lowest BCUT2D eigenvalue weighted by molar-refractivity contribution is -0.139. The van der Waals surface area contributed by atoms with Crippen LogP contribution >= 0.6 is 11.6 Å². The molecule has 3 N–H and O–H groups in total. The van der Waals surface area contributed by atoms with Gasteiger partial charge < -0.3 is 16.0 Å². The van der Waals surface area contributed by atoms with Crippen LogP contribution in [0.4, 0.5) is 13.2 Å². The van der Waals surface area contributed by atoms with Crippen molar-refractivity contribution in [1.82, 2.24) is 16.0 Å². The summed E-state index contributed by atoms with van der Waals surface area (Å²) in [6.45, 7) is 2.00. The minimum absolute atomic E-state index is 0.128. The maximum Gasteiger partial charge on any atom is 0.417 e. The van der Waals surface area contributed by atoms with E-state index in [4.69, 9.17) is 11.6 Å². The van der Waals surface area contributed by atoms with Gasteiger partial charge in [-0.05, 0) is 67.7 Å². The summed E-state index contributed by atoms with van der Waals surface area (Å²) in [4.78, 5) is 11.4. The van der Waals surface area contributed by atoms with Crippen LogP contribution in [-0.2, 0) is 27.4 Å². The fraction of sp³-hybridized carbons (Fsp3) is 0.409. The van der Waals surface area contributed by atoms with Crippen LogP contribution in [0.5, 0.6) is 0 Å². The third-order valence-electron chi connectivity index (χ3n) is 6.11. The third kappa shape index (κ3) is 5.18. The number of hydrogen-bond acceptors (Lipinski definition) is 5. The van der Waals surface area contributed by atoms with Crippen molar-refractivity contribution in [2.24, 2.45) is 5.92 Å². The summed E-state index contributed by atoms with van der Waals surface area (Å²) in [5.74, 6) is 0.297. The molecule has 33 heavy (non-hydrogen) atoms. The maximum absolute atomic E-state index is 13.4. The van der Waals surface area contributed by atoms with E-state index in [9.17, 15) is 26.4 Å². The first-order valence-electron chi connectivity index (χ1n) is 10.5. The van der Waals surface area contributed by atoms with Gasteiger partial charge >= 0.3 is 6.18 Å². The standard InChI is InChI=1S/C22H23ClF3N3O3S/c23-15-3-6-20(17(10-15)22(24,25)26)33(31,32)16-4-1-13(2-5-16)11-28-21(30)19-9-14-12-27-8-7-18(14)29-19/h1-6,10,14,18-19,27,29H,7-9,11-12H2,(H,28,30). The maximum atomic E-state index is 13.4. The number of carbonyl (C=O) groups excluding carboxylic acids is 1. The van der Waals surface area contributed by atoms with E-state index < -0.39 is 26.5 Å². The van der Waals surface area contributed by atoms with Crippen molar-refractivity contribution in [3.63, 3.8) is 0 Å². The normalized spacial score (nSPS) is 23.2. The Morgan fingerprint density at radius 3 is 2.55 bits per heavy atom. The van der Waals surface area contributed by atoms with E-state index in [0.29, 0.717) is 23.6 Å². The second kappa shape index (κ2) is 9.25. The van der Waals surface area contributed by atoms with E-state index in [0.717, 1.165) is 38.1 Å². The minimum atomic E-state index is -4.88. The Hall–Kier alpha value is -2.14. The molecule has 2 aromatic carbocycles. The monoisotopic (exact) mass is 501 g/mol. The van der Waals surface area contributed by atoms with E-state index in [1.54, 1.807) is 0 Å². The van der Waals surface area contributed by atoms with Gasteiger partial charge in [0, 0.05) is 17.6 Å². The zero-order chi connectivity index (χ0) is 23.8. The van der Waals surface area contributed by atoms with Crippen LogP contribution in [0, 0.1) is 5.92 Å². The van der Waals surface area contributed by atoms with Crippen molar-refractivity contribution in [3.8, 4) is 0 Å². The number of benzene rings is 2. The highest BCUT2D eigenvalue weighted by atomic mass is 35.5. The number of halogens is 4. The minimum Gasteiger partial charge on any atom is -0.351 e. The van der Waals surface area contributed by atoms with E-state index in [1.807, 2.05) is 0 Å². The molecule has 0 radical (unpaired) electrons. The van der Waals surface area contributed by atoms with Gasteiger partial charge in [-0.25, -0.2) is 8.42 Å². The molecule has 11 heteroatoms. The Balaban J connectivity index is 1.44. The molecule has 3 atom stereocenters. The second-order valence-corrected chi connectivity index (χ2v) is 10.7. The number of rotatable bonds is 5. The predicted octanol–water partition coefficient (Wildman–Crippen LogP) is 3.15. The molecular formula is C22H23ClF3N3O3S. The first-order valence-corrected chi connectivity index (χ1v) is 12.4. The van der Waals surface area contributed by atoms with Crippen LogP contribution < -0.4 is 16.0 Å². The molecule has 2 aliphatic heterocycles. The summed E-state index contributed by atoms with van der Waals surface area (Å²) in [6.07, 6.45) is -3.14. The van der Waals surface area contributed by atoms with Crippen molar-refractivity contribution >= 4 is 27.3 Å². The van der Waals surface area contributed by atoms with Crippen LogP contribution in [0.25, 0.3) is 0 Å². The van der Waals surface area contributed by atoms with E-state index >= 15 is 0 Å². The molecule has 0 aromatic heterocycles. The lowest BCUT2D eigenvalue weighted by Gasteiger charge is -2.25. The van der Waals surface area contributed by atoms with Gasteiger partial charge in [-0.1, -0.05) is 23.7 Å². The highest BCUT2D eigenvalue weighted by Crippen LogP contribution is 2.38.